The minimum absolute atomic E-state index is 0.0918. The van der Waals surface area contributed by atoms with Gasteiger partial charge in [-0.2, -0.15) is 13.2 Å². The number of carbonyl (C=O) groups is 1. The third-order valence-electron chi connectivity index (χ3n) is 2.33. The van der Waals surface area contributed by atoms with Crippen LogP contribution in [0.5, 0.6) is 5.75 Å². The molecule has 1 rings (SSSR count). The third kappa shape index (κ3) is 4.34. The minimum atomic E-state index is -4.49. The lowest BCUT2D eigenvalue weighted by Gasteiger charge is -2.15. The normalized spacial score (nSPS) is 11.4. The van der Waals surface area contributed by atoms with E-state index in [1.807, 2.05) is 6.92 Å². The molecule has 0 spiro atoms. The average molecular weight is 294 g/mol. The van der Waals surface area contributed by atoms with Crippen molar-refractivity contribution in [2.45, 2.75) is 30.2 Å². The van der Waals surface area contributed by atoms with E-state index in [2.05, 4.69) is 0 Å². The van der Waals surface area contributed by atoms with Crippen LogP contribution < -0.4 is 4.74 Å². The number of thioether (sulfide) groups is 1. The first-order valence-corrected chi connectivity index (χ1v) is 6.30. The van der Waals surface area contributed by atoms with E-state index in [-0.39, 0.29) is 28.0 Å². The van der Waals surface area contributed by atoms with Crippen molar-refractivity contribution in [2.24, 2.45) is 0 Å². The number of alkyl halides is 3. The number of benzene rings is 1. The zero-order chi connectivity index (χ0) is 14.6. The van der Waals surface area contributed by atoms with Crippen LogP contribution in [0, 0.1) is 0 Å². The van der Waals surface area contributed by atoms with Crippen LogP contribution in [-0.2, 0) is 6.42 Å². The molecule has 19 heavy (non-hydrogen) atoms. The Balaban J connectivity index is 3.35. The van der Waals surface area contributed by atoms with Crippen LogP contribution >= 0.6 is 11.8 Å². The van der Waals surface area contributed by atoms with Crippen molar-refractivity contribution in [3.05, 3.63) is 23.3 Å². The molecule has 0 heterocycles. The van der Waals surface area contributed by atoms with Gasteiger partial charge in [0, 0.05) is 0 Å². The largest absolute Gasteiger partial charge is 0.495 e. The van der Waals surface area contributed by atoms with Gasteiger partial charge in [-0.1, -0.05) is 13.3 Å². The summed E-state index contributed by atoms with van der Waals surface area (Å²) < 4.78 is 42.4. The van der Waals surface area contributed by atoms with Crippen molar-refractivity contribution in [1.29, 1.82) is 0 Å². The molecular weight excluding hydrogens is 281 g/mol. The third-order valence-corrected chi connectivity index (χ3v) is 3.08. The molecule has 1 aromatic carbocycles. The molecule has 0 unspecified atom stereocenters. The Hall–Kier alpha value is -1.37. The summed E-state index contributed by atoms with van der Waals surface area (Å²) in [5, 5.41) is 8.93. The summed E-state index contributed by atoms with van der Waals surface area (Å²) >= 11 is -0.365. The molecule has 0 radical (unpaired) electrons. The molecule has 0 saturated heterocycles. The van der Waals surface area contributed by atoms with Gasteiger partial charge in [0.2, 0.25) is 0 Å². The Morgan fingerprint density at radius 2 is 2.05 bits per heavy atom. The molecule has 1 N–H and O–H groups in total. The minimum Gasteiger partial charge on any atom is -0.495 e. The van der Waals surface area contributed by atoms with E-state index in [0.717, 1.165) is 6.07 Å². The average Bonchev–Trinajstić information content (AvgIpc) is 2.26. The predicted octanol–water partition coefficient (Wildman–Crippen LogP) is 3.96. The first kappa shape index (κ1) is 15.7. The summed E-state index contributed by atoms with van der Waals surface area (Å²) in [5.41, 5.74) is -4.19. The van der Waals surface area contributed by atoms with Crippen LogP contribution in [0.3, 0.4) is 0 Å². The van der Waals surface area contributed by atoms with Gasteiger partial charge in [0.25, 0.3) is 0 Å². The van der Waals surface area contributed by atoms with E-state index < -0.39 is 11.5 Å². The Labute approximate surface area is 112 Å². The summed E-state index contributed by atoms with van der Waals surface area (Å²) in [6.07, 6.45) is 1.13. The summed E-state index contributed by atoms with van der Waals surface area (Å²) in [4.78, 5) is 10.7. The van der Waals surface area contributed by atoms with Crippen LogP contribution in [0.15, 0.2) is 17.0 Å². The highest BCUT2D eigenvalue weighted by Gasteiger charge is 2.32. The van der Waals surface area contributed by atoms with Crippen molar-refractivity contribution in [1.82, 2.24) is 0 Å². The van der Waals surface area contributed by atoms with E-state index in [9.17, 15) is 18.0 Å². The quantitative estimate of drug-likeness (QED) is 0.835. The molecule has 0 aliphatic heterocycles. The van der Waals surface area contributed by atoms with Gasteiger partial charge in [-0.15, -0.1) is 0 Å². The summed E-state index contributed by atoms with van der Waals surface area (Å²) in [5.74, 6) is -1.17. The Bertz CT molecular complexity index is 472. The number of aromatic carboxylic acids is 1. The maximum Gasteiger partial charge on any atom is 0.446 e. The number of ether oxygens (including phenoxy) is 1. The molecule has 0 fully saturated rings. The van der Waals surface area contributed by atoms with Crippen LogP contribution in [0.1, 0.15) is 29.3 Å². The molecule has 0 amide bonds. The highest BCUT2D eigenvalue weighted by Crippen LogP contribution is 2.43. The lowest BCUT2D eigenvalue weighted by Crippen LogP contribution is -2.05. The van der Waals surface area contributed by atoms with E-state index in [1.54, 1.807) is 0 Å². The van der Waals surface area contributed by atoms with Crippen molar-refractivity contribution in [3.63, 3.8) is 0 Å². The van der Waals surface area contributed by atoms with Crippen molar-refractivity contribution < 1.29 is 27.8 Å². The van der Waals surface area contributed by atoms with E-state index in [0.29, 0.717) is 18.4 Å². The highest BCUT2D eigenvalue weighted by molar-refractivity contribution is 8.00. The Morgan fingerprint density at radius 1 is 1.42 bits per heavy atom. The Kier molecular flexibility index (Phi) is 5.11. The number of hydrogen-bond acceptors (Lipinski definition) is 3. The standard InChI is InChI=1S/C12H13F3O3S/c1-3-4-7-5-8(11(16)17)6-9(10(7)18-2)19-12(13,14)15/h5-6H,3-4H2,1-2H3,(H,16,17). The van der Waals surface area contributed by atoms with E-state index >= 15 is 0 Å². The van der Waals surface area contributed by atoms with Crippen LogP contribution in [0.2, 0.25) is 0 Å². The first-order valence-electron chi connectivity index (χ1n) is 5.48. The first-order chi connectivity index (χ1) is 8.78. The fraction of sp³-hybridized carbons (Fsp3) is 0.417. The number of halogens is 3. The maximum atomic E-state index is 12.5. The maximum absolute atomic E-state index is 12.5. The molecule has 0 atom stereocenters. The molecule has 0 aromatic heterocycles. The van der Waals surface area contributed by atoms with Crippen molar-refractivity contribution in [3.8, 4) is 5.75 Å². The summed E-state index contributed by atoms with van der Waals surface area (Å²) in [6, 6.07) is 2.34. The van der Waals surface area contributed by atoms with Crippen LogP contribution in [-0.4, -0.2) is 23.7 Å². The van der Waals surface area contributed by atoms with Crippen molar-refractivity contribution >= 4 is 17.7 Å². The molecule has 0 aliphatic rings. The molecule has 106 valence electrons. The summed E-state index contributed by atoms with van der Waals surface area (Å²) in [7, 11) is 1.27. The SMILES string of the molecule is CCCc1cc(C(=O)O)cc(SC(F)(F)F)c1OC. The summed E-state index contributed by atoms with van der Waals surface area (Å²) in [6.45, 7) is 1.85. The van der Waals surface area contributed by atoms with Crippen LogP contribution in [0.4, 0.5) is 13.2 Å². The van der Waals surface area contributed by atoms with E-state index in [1.165, 1.54) is 13.2 Å². The van der Waals surface area contributed by atoms with Gasteiger partial charge in [0.15, 0.2) is 0 Å². The van der Waals surface area contributed by atoms with Gasteiger partial charge in [-0.25, -0.2) is 4.79 Å². The molecular formula is C12H13F3O3S. The monoisotopic (exact) mass is 294 g/mol. The molecule has 0 saturated carbocycles. The second kappa shape index (κ2) is 6.18. The van der Waals surface area contributed by atoms with Gasteiger partial charge < -0.3 is 9.84 Å². The number of methoxy groups -OCH3 is 1. The lowest BCUT2D eigenvalue weighted by atomic mass is 10.1. The van der Waals surface area contributed by atoms with Gasteiger partial charge >= 0.3 is 11.5 Å². The topological polar surface area (TPSA) is 46.5 Å². The zero-order valence-corrected chi connectivity index (χ0v) is 11.2. The van der Waals surface area contributed by atoms with Gasteiger partial charge in [-0.3, -0.25) is 0 Å². The number of hydrogen-bond donors (Lipinski definition) is 1. The molecule has 0 bridgehead atoms. The second-order valence-electron chi connectivity index (χ2n) is 3.77. The second-order valence-corrected chi connectivity index (χ2v) is 4.88. The Morgan fingerprint density at radius 3 is 2.47 bits per heavy atom. The van der Waals surface area contributed by atoms with Gasteiger partial charge in [0.05, 0.1) is 17.6 Å². The fourth-order valence-electron chi connectivity index (χ4n) is 1.67. The van der Waals surface area contributed by atoms with E-state index in [4.69, 9.17) is 9.84 Å². The van der Waals surface area contributed by atoms with Crippen molar-refractivity contribution in [2.75, 3.05) is 7.11 Å². The number of aryl methyl sites for hydroxylation is 1. The predicted molar refractivity (Wildman–Crippen MR) is 65.9 cm³/mol. The van der Waals surface area contributed by atoms with Gasteiger partial charge in [-0.05, 0) is 35.9 Å². The molecule has 3 nitrogen and oxygen atoms in total. The lowest BCUT2D eigenvalue weighted by molar-refractivity contribution is -0.0329. The number of carboxylic acid groups (broad SMARTS) is 1. The molecule has 0 aliphatic carbocycles. The zero-order valence-electron chi connectivity index (χ0n) is 10.4. The number of rotatable bonds is 5. The molecule has 1 aromatic rings. The fourth-order valence-corrected chi connectivity index (χ4v) is 2.41. The highest BCUT2D eigenvalue weighted by atomic mass is 32.2. The number of carboxylic acids is 1. The smallest absolute Gasteiger partial charge is 0.446 e. The van der Waals surface area contributed by atoms with Crippen LogP contribution in [0.25, 0.3) is 0 Å². The van der Waals surface area contributed by atoms with Gasteiger partial charge in [0.1, 0.15) is 5.75 Å². The molecule has 7 heteroatoms.